The molecule has 4 heteroatoms. The van der Waals surface area contributed by atoms with Gasteiger partial charge in [0.1, 0.15) is 12.0 Å². The van der Waals surface area contributed by atoms with Gasteiger partial charge in [0.05, 0.1) is 5.92 Å². The largest absolute Gasteiger partial charge is 0.481 e. The molecule has 66 valence electrons. The van der Waals surface area contributed by atoms with Gasteiger partial charge in [0, 0.05) is 0 Å². The lowest BCUT2D eigenvalue weighted by Gasteiger charge is -2.21. The van der Waals surface area contributed by atoms with Crippen molar-refractivity contribution in [2.75, 3.05) is 0 Å². The van der Waals surface area contributed by atoms with E-state index in [1.807, 2.05) is 0 Å². The number of carboxylic acid groups (broad SMARTS) is 1. The molecule has 1 heterocycles. The van der Waals surface area contributed by atoms with Crippen molar-refractivity contribution in [1.82, 2.24) is 0 Å². The van der Waals surface area contributed by atoms with Crippen LogP contribution >= 0.6 is 0 Å². The van der Waals surface area contributed by atoms with Gasteiger partial charge in [-0.15, -0.1) is 0 Å². The summed E-state index contributed by atoms with van der Waals surface area (Å²) >= 11 is 0. The fraction of sp³-hybridized carbons (Fsp3) is 0.750. The van der Waals surface area contributed by atoms with Crippen LogP contribution in [0.5, 0.6) is 0 Å². The van der Waals surface area contributed by atoms with Gasteiger partial charge in [-0.25, -0.2) is 0 Å². The van der Waals surface area contributed by atoms with Crippen LogP contribution < -0.4 is 0 Å². The molecule has 2 fully saturated rings. The van der Waals surface area contributed by atoms with Crippen LogP contribution in [0.25, 0.3) is 0 Å². The topological polar surface area (TPSA) is 63.6 Å². The minimum absolute atomic E-state index is 0.315. The summed E-state index contributed by atoms with van der Waals surface area (Å²) in [5.74, 6) is -2.16. The minimum atomic E-state index is -0.893. The fourth-order valence-corrected chi connectivity index (χ4v) is 2.12. The zero-order valence-electron chi connectivity index (χ0n) is 6.53. The van der Waals surface area contributed by atoms with Gasteiger partial charge in [0.15, 0.2) is 0 Å². The molecule has 0 spiro atoms. The second-order valence-corrected chi connectivity index (χ2v) is 3.38. The van der Waals surface area contributed by atoms with Crippen molar-refractivity contribution < 1.29 is 19.4 Å². The Morgan fingerprint density at radius 3 is 2.75 bits per heavy atom. The highest BCUT2D eigenvalue weighted by Gasteiger charge is 2.50. The number of ether oxygens (including phenoxy) is 1. The van der Waals surface area contributed by atoms with E-state index >= 15 is 0 Å². The Bertz CT molecular complexity index is 235. The Hall–Kier alpha value is -1.06. The van der Waals surface area contributed by atoms with Crippen molar-refractivity contribution in [2.24, 2.45) is 11.8 Å². The van der Waals surface area contributed by atoms with Gasteiger partial charge in [0.2, 0.25) is 0 Å². The first-order valence-corrected chi connectivity index (χ1v) is 4.13. The fourth-order valence-electron chi connectivity index (χ4n) is 2.12. The van der Waals surface area contributed by atoms with E-state index in [9.17, 15) is 9.59 Å². The number of rotatable bonds is 1. The summed E-state index contributed by atoms with van der Waals surface area (Å²) in [6.07, 6.45) is 1.94. The lowest BCUT2D eigenvalue weighted by Crippen LogP contribution is -2.32. The van der Waals surface area contributed by atoms with Crippen molar-refractivity contribution in [3.63, 3.8) is 0 Å². The molecule has 1 aliphatic carbocycles. The standard InChI is InChI=1S/C8H10O4/c9-7(10)6-4-2-1-3-5(6)12-8(4)11/h4-6H,1-3H2,(H,9,10)/t4-,5+,6?/m0/s1. The summed E-state index contributed by atoms with van der Waals surface area (Å²) < 4.78 is 4.94. The van der Waals surface area contributed by atoms with Crippen LogP contribution in [-0.2, 0) is 14.3 Å². The number of carboxylic acids is 1. The van der Waals surface area contributed by atoms with Crippen LogP contribution in [0, 0.1) is 11.8 Å². The lowest BCUT2D eigenvalue weighted by atomic mass is 9.80. The molecule has 0 aromatic rings. The smallest absolute Gasteiger partial charge is 0.311 e. The highest BCUT2D eigenvalue weighted by molar-refractivity contribution is 5.85. The molecule has 3 atom stereocenters. The van der Waals surface area contributed by atoms with Crippen LogP contribution in [-0.4, -0.2) is 23.1 Å². The Morgan fingerprint density at radius 1 is 1.50 bits per heavy atom. The molecule has 1 N–H and O–H groups in total. The number of aliphatic carboxylic acids is 1. The number of fused-ring (bicyclic) bond motifs is 2. The first kappa shape index (κ1) is 7.58. The van der Waals surface area contributed by atoms with Crippen molar-refractivity contribution in [3.05, 3.63) is 0 Å². The van der Waals surface area contributed by atoms with E-state index in [0.29, 0.717) is 12.8 Å². The summed E-state index contributed by atoms with van der Waals surface area (Å²) in [4.78, 5) is 21.8. The lowest BCUT2D eigenvalue weighted by molar-refractivity contribution is -0.145. The monoisotopic (exact) mass is 170 g/mol. The molecule has 1 saturated heterocycles. The third kappa shape index (κ3) is 0.906. The second-order valence-electron chi connectivity index (χ2n) is 3.38. The highest BCUT2D eigenvalue weighted by atomic mass is 16.6. The molecule has 0 radical (unpaired) electrons. The van der Waals surface area contributed by atoms with Gasteiger partial charge < -0.3 is 9.84 Å². The molecule has 2 bridgehead atoms. The van der Waals surface area contributed by atoms with Gasteiger partial charge >= 0.3 is 11.9 Å². The maximum Gasteiger partial charge on any atom is 0.311 e. The molecule has 0 aromatic heterocycles. The predicted molar refractivity (Wildman–Crippen MR) is 38.3 cm³/mol. The van der Waals surface area contributed by atoms with E-state index in [1.54, 1.807) is 0 Å². The zero-order chi connectivity index (χ0) is 8.72. The van der Waals surface area contributed by atoms with Crippen molar-refractivity contribution in [2.45, 2.75) is 25.4 Å². The summed E-state index contributed by atoms with van der Waals surface area (Å²) in [7, 11) is 0. The number of hydrogen-bond acceptors (Lipinski definition) is 3. The molecule has 2 rings (SSSR count). The maximum atomic E-state index is 11.1. The summed E-state index contributed by atoms with van der Waals surface area (Å²) in [5, 5.41) is 8.80. The van der Waals surface area contributed by atoms with Gasteiger partial charge in [-0.2, -0.15) is 0 Å². The number of esters is 1. The van der Waals surface area contributed by atoms with E-state index in [4.69, 9.17) is 9.84 Å². The molecule has 4 nitrogen and oxygen atoms in total. The maximum absolute atomic E-state index is 11.1. The van der Waals surface area contributed by atoms with Gasteiger partial charge in [-0.1, -0.05) is 0 Å². The molecule has 0 amide bonds. The predicted octanol–water partition coefficient (Wildman–Crippen LogP) is 0.413. The van der Waals surface area contributed by atoms with Crippen molar-refractivity contribution >= 4 is 11.9 Å². The van der Waals surface area contributed by atoms with E-state index in [2.05, 4.69) is 0 Å². The average Bonchev–Trinajstić information content (AvgIpc) is 2.20. The van der Waals surface area contributed by atoms with Crippen LogP contribution in [0.4, 0.5) is 0 Å². The van der Waals surface area contributed by atoms with E-state index in [1.165, 1.54) is 0 Å². The molecule has 0 aromatic carbocycles. The molecular formula is C8H10O4. The quantitative estimate of drug-likeness (QED) is 0.579. The average molecular weight is 170 g/mol. The molecule has 1 unspecified atom stereocenters. The summed E-state index contributed by atoms with van der Waals surface area (Å²) in [5.41, 5.74) is 0. The molecule has 2 aliphatic rings. The van der Waals surface area contributed by atoms with E-state index in [-0.39, 0.29) is 18.0 Å². The zero-order valence-corrected chi connectivity index (χ0v) is 6.53. The molecular weight excluding hydrogens is 160 g/mol. The Kier molecular flexibility index (Phi) is 1.56. The number of carbonyl (C=O) groups is 2. The van der Waals surface area contributed by atoms with Crippen molar-refractivity contribution in [1.29, 1.82) is 0 Å². The SMILES string of the molecule is O=C(O)C1[C@@H]2CCC[C@H]1OC2=O. The van der Waals surface area contributed by atoms with Gasteiger partial charge in [-0.3, -0.25) is 9.59 Å². The Morgan fingerprint density at radius 2 is 2.25 bits per heavy atom. The van der Waals surface area contributed by atoms with Crippen LogP contribution in [0.15, 0.2) is 0 Å². The van der Waals surface area contributed by atoms with Crippen LogP contribution in [0.2, 0.25) is 0 Å². The molecule has 1 saturated carbocycles. The summed E-state index contributed by atoms with van der Waals surface area (Å²) in [6.45, 7) is 0. The third-order valence-corrected chi connectivity index (χ3v) is 2.69. The first-order valence-electron chi connectivity index (χ1n) is 4.13. The number of hydrogen-bond donors (Lipinski definition) is 1. The second kappa shape index (κ2) is 2.47. The Labute approximate surface area is 69.5 Å². The molecule has 1 aliphatic heterocycles. The van der Waals surface area contributed by atoms with Gasteiger partial charge in [-0.05, 0) is 19.3 Å². The van der Waals surface area contributed by atoms with E-state index < -0.39 is 11.9 Å². The Balaban J connectivity index is 2.25. The normalized spacial score (nSPS) is 39.3. The van der Waals surface area contributed by atoms with E-state index in [0.717, 1.165) is 6.42 Å². The first-order chi connectivity index (χ1) is 5.70. The van der Waals surface area contributed by atoms with Gasteiger partial charge in [0.25, 0.3) is 0 Å². The van der Waals surface area contributed by atoms with Crippen LogP contribution in [0.3, 0.4) is 0 Å². The molecule has 12 heavy (non-hydrogen) atoms. The summed E-state index contributed by atoms with van der Waals surface area (Å²) in [6, 6.07) is 0. The number of carbonyl (C=O) groups excluding carboxylic acids is 1. The van der Waals surface area contributed by atoms with Crippen molar-refractivity contribution in [3.8, 4) is 0 Å². The minimum Gasteiger partial charge on any atom is -0.481 e. The third-order valence-electron chi connectivity index (χ3n) is 2.69. The highest BCUT2D eigenvalue weighted by Crippen LogP contribution is 2.39. The van der Waals surface area contributed by atoms with Crippen LogP contribution in [0.1, 0.15) is 19.3 Å².